The molecule has 26 heavy (non-hydrogen) atoms. The van der Waals surface area contributed by atoms with Crippen LogP contribution in [0.1, 0.15) is 51.0 Å². The predicted molar refractivity (Wildman–Crippen MR) is 95.8 cm³/mol. The highest BCUT2D eigenvalue weighted by Gasteiger charge is 2.24. The Labute approximate surface area is 152 Å². The number of aromatic nitrogens is 2. The van der Waals surface area contributed by atoms with Gasteiger partial charge in [-0.1, -0.05) is 13.8 Å². The van der Waals surface area contributed by atoms with E-state index < -0.39 is 12.0 Å². The third-order valence-electron chi connectivity index (χ3n) is 3.70. The third kappa shape index (κ3) is 6.42. The van der Waals surface area contributed by atoms with Crippen molar-refractivity contribution in [3.8, 4) is 0 Å². The van der Waals surface area contributed by atoms with Gasteiger partial charge in [-0.2, -0.15) is 0 Å². The van der Waals surface area contributed by atoms with Crippen LogP contribution in [0.15, 0.2) is 11.0 Å². The number of carbonyl (C=O) groups is 3. The Morgan fingerprint density at radius 2 is 2.08 bits per heavy atom. The lowest BCUT2D eigenvalue weighted by Gasteiger charge is -2.22. The van der Waals surface area contributed by atoms with Crippen molar-refractivity contribution in [3.63, 3.8) is 0 Å². The monoisotopic (exact) mass is 365 g/mol. The Morgan fingerprint density at radius 3 is 2.65 bits per heavy atom. The number of aldehydes is 1. The first-order valence-electron chi connectivity index (χ1n) is 8.75. The maximum atomic E-state index is 12.6. The second-order valence-corrected chi connectivity index (χ2v) is 6.39. The largest absolute Gasteiger partial charge is 0.466 e. The van der Waals surface area contributed by atoms with Gasteiger partial charge in [-0.15, -0.1) is 0 Å². The summed E-state index contributed by atoms with van der Waals surface area (Å²) in [5.74, 6) is -0.586. The van der Waals surface area contributed by atoms with Crippen LogP contribution in [0, 0.1) is 12.8 Å². The van der Waals surface area contributed by atoms with E-state index in [-0.39, 0.29) is 49.1 Å². The highest BCUT2D eigenvalue weighted by molar-refractivity contribution is 5.81. The van der Waals surface area contributed by atoms with E-state index in [1.54, 1.807) is 13.8 Å². The molecule has 0 radical (unpaired) electrons. The molecule has 0 fully saturated rings. The molecule has 0 aliphatic heterocycles. The van der Waals surface area contributed by atoms with E-state index in [1.807, 2.05) is 13.8 Å². The normalized spacial score (nSPS) is 11.9. The molecule has 1 aromatic heterocycles. The summed E-state index contributed by atoms with van der Waals surface area (Å²) in [5.41, 5.74) is 0.299. The molecule has 0 aliphatic carbocycles. The number of amides is 1. The summed E-state index contributed by atoms with van der Waals surface area (Å²) in [4.78, 5) is 51.4. The molecular weight excluding hydrogens is 338 g/mol. The van der Waals surface area contributed by atoms with Crippen molar-refractivity contribution in [1.82, 2.24) is 14.9 Å². The Kier molecular flexibility index (Phi) is 8.67. The van der Waals surface area contributed by atoms with Crippen LogP contribution >= 0.6 is 0 Å². The number of ether oxygens (including phenoxy) is 1. The highest BCUT2D eigenvalue weighted by Crippen LogP contribution is 2.17. The molecule has 1 aromatic rings. The van der Waals surface area contributed by atoms with Crippen molar-refractivity contribution in [1.29, 1.82) is 0 Å². The van der Waals surface area contributed by atoms with Crippen LogP contribution in [0.25, 0.3) is 0 Å². The van der Waals surface area contributed by atoms with Gasteiger partial charge in [0.1, 0.15) is 18.0 Å². The number of hydrogen-bond acceptors (Lipinski definition) is 6. The molecule has 0 aliphatic rings. The Hall–Kier alpha value is -2.51. The van der Waals surface area contributed by atoms with Gasteiger partial charge in [0.05, 0.1) is 18.7 Å². The topological polar surface area (TPSA) is 107 Å². The van der Waals surface area contributed by atoms with Gasteiger partial charge in [-0.05, 0) is 26.2 Å². The van der Waals surface area contributed by atoms with Gasteiger partial charge in [-0.25, -0.2) is 0 Å². The van der Waals surface area contributed by atoms with E-state index in [4.69, 9.17) is 4.74 Å². The second-order valence-electron chi connectivity index (χ2n) is 6.39. The second kappa shape index (κ2) is 10.5. The Balaban J connectivity index is 3.02. The van der Waals surface area contributed by atoms with Crippen molar-refractivity contribution in [2.75, 3.05) is 13.2 Å². The molecule has 8 heteroatoms. The SMILES string of the molecule is CCOC(=O)CCNC(=O)[C@H](CC(C)C)n1cc(CC=O)nc(C)c1=O. The van der Waals surface area contributed by atoms with E-state index in [1.165, 1.54) is 10.8 Å². The van der Waals surface area contributed by atoms with Gasteiger partial charge < -0.3 is 14.8 Å². The molecule has 1 atom stereocenters. The first-order valence-corrected chi connectivity index (χ1v) is 8.75. The van der Waals surface area contributed by atoms with E-state index in [2.05, 4.69) is 10.3 Å². The quantitative estimate of drug-likeness (QED) is 0.489. The maximum absolute atomic E-state index is 12.6. The summed E-state index contributed by atoms with van der Waals surface area (Å²) in [7, 11) is 0. The van der Waals surface area contributed by atoms with Gasteiger partial charge in [-0.3, -0.25) is 23.9 Å². The average molecular weight is 365 g/mol. The molecule has 144 valence electrons. The summed E-state index contributed by atoms with van der Waals surface area (Å²) < 4.78 is 6.16. The van der Waals surface area contributed by atoms with Crippen molar-refractivity contribution < 1.29 is 19.1 Å². The highest BCUT2D eigenvalue weighted by atomic mass is 16.5. The summed E-state index contributed by atoms with van der Waals surface area (Å²) in [6.45, 7) is 7.58. The van der Waals surface area contributed by atoms with Gasteiger partial charge in [0.25, 0.3) is 5.56 Å². The van der Waals surface area contributed by atoms with Gasteiger partial charge in [0.2, 0.25) is 5.91 Å². The van der Waals surface area contributed by atoms with Gasteiger partial charge >= 0.3 is 5.97 Å². The summed E-state index contributed by atoms with van der Waals surface area (Å²) in [6.07, 6.45) is 2.74. The Bertz CT molecular complexity index is 697. The number of nitrogens with one attached hydrogen (secondary N) is 1. The zero-order valence-electron chi connectivity index (χ0n) is 15.8. The minimum Gasteiger partial charge on any atom is -0.466 e. The number of hydrogen-bond donors (Lipinski definition) is 1. The van der Waals surface area contributed by atoms with Crippen LogP contribution in [0.3, 0.4) is 0 Å². The van der Waals surface area contributed by atoms with Crippen LogP contribution in [0.4, 0.5) is 0 Å². The van der Waals surface area contributed by atoms with Crippen molar-refractivity contribution in [2.24, 2.45) is 5.92 Å². The molecule has 1 N–H and O–H groups in total. The van der Waals surface area contributed by atoms with E-state index in [0.717, 1.165) is 0 Å². The van der Waals surface area contributed by atoms with Crippen LogP contribution in [-0.2, 0) is 25.5 Å². The lowest BCUT2D eigenvalue weighted by Crippen LogP contribution is -2.39. The zero-order chi connectivity index (χ0) is 19.7. The molecule has 0 unspecified atom stereocenters. The fraction of sp³-hybridized carbons (Fsp3) is 0.611. The van der Waals surface area contributed by atoms with Gasteiger partial charge in [0.15, 0.2) is 0 Å². The minimum absolute atomic E-state index is 0.0641. The molecule has 0 aromatic carbocycles. The minimum atomic E-state index is -0.739. The number of carbonyl (C=O) groups excluding carboxylic acids is 3. The van der Waals surface area contributed by atoms with Crippen LogP contribution in [0.2, 0.25) is 0 Å². The van der Waals surface area contributed by atoms with Gasteiger partial charge in [0, 0.05) is 19.2 Å². The molecule has 1 rings (SSSR count). The lowest BCUT2D eigenvalue weighted by atomic mass is 10.0. The molecule has 8 nitrogen and oxygen atoms in total. The van der Waals surface area contributed by atoms with E-state index in [0.29, 0.717) is 18.4 Å². The molecule has 0 saturated heterocycles. The summed E-state index contributed by atoms with van der Waals surface area (Å²) in [5, 5.41) is 2.68. The van der Waals surface area contributed by atoms with E-state index in [9.17, 15) is 19.2 Å². The Morgan fingerprint density at radius 1 is 1.38 bits per heavy atom. The number of aryl methyl sites for hydroxylation is 1. The van der Waals surface area contributed by atoms with Crippen molar-refractivity contribution in [3.05, 3.63) is 27.9 Å². The number of rotatable bonds is 10. The van der Waals surface area contributed by atoms with Crippen LogP contribution in [0.5, 0.6) is 0 Å². The number of esters is 1. The molecule has 0 saturated carbocycles. The molecule has 1 amide bonds. The van der Waals surface area contributed by atoms with Crippen molar-refractivity contribution in [2.45, 2.75) is 53.0 Å². The van der Waals surface area contributed by atoms with Crippen LogP contribution in [-0.4, -0.2) is 40.9 Å². The van der Waals surface area contributed by atoms with Crippen LogP contribution < -0.4 is 10.9 Å². The zero-order valence-corrected chi connectivity index (χ0v) is 15.8. The smallest absolute Gasteiger partial charge is 0.307 e. The van der Waals surface area contributed by atoms with Crippen molar-refractivity contribution >= 4 is 18.2 Å². The standard InChI is InChI=1S/C18H27N3O5/c1-5-26-16(23)6-8-19-17(24)15(10-12(2)3)21-11-14(7-9-22)20-13(4)18(21)25/h9,11-12,15H,5-8,10H2,1-4H3,(H,19,24)/t15-/m0/s1. The first-order chi connectivity index (χ1) is 12.3. The third-order valence-corrected chi connectivity index (χ3v) is 3.70. The fourth-order valence-corrected chi connectivity index (χ4v) is 2.55. The molecule has 1 heterocycles. The maximum Gasteiger partial charge on any atom is 0.307 e. The number of nitrogens with zero attached hydrogens (tertiary/aromatic N) is 2. The summed E-state index contributed by atoms with van der Waals surface area (Å²) >= 11 is 0. The fourth-order valence-electron chi connectivity index (χ4n) is 2.55. The lowest BCUT2D eigenvalue weighted by molar-refractivity contribution is -0.143. The molecule has 0 spiro atoms. The summed E-state index contributed by atoms with van der Waals surface area (Å²) in [6, 6.07) is -0.739. The van der Waals surface area contributed by atoms with E-state index >= 15 is 0 Å². The predicted octanol–water partition coefficient (Wildman–Crippen LogP) is 0.950. The first kappa shape index (κ1) is 21.5. The molecule has 0 bridgehead atoms. The molecular formula is C18H27N3O5. The average Bonchev–Trinajstić information content (AvgIpc) is 2.56.